The summed E-state index contributed by atoms with van der Waals surface area (Å²) in [5.41, 5.74) is 0. The molecule has 1 fully saturated rings. The van der Waals surface area contributed by atoms with E-state index in [0.29, 0.717) is 19.3 Å². The summed E-state index contributed by atoms with van der Waals surface area (Å²) in [6.07, 6.45) is 28.8. The van der Waals surface area contributed by atoms with E-state index >= 15 is 0 Å². The molecule has 16 heteroatoms. The Bertz CT molecular complexity index is 1510. The minimum Gasteiger partial charge on any atom is -0.480 e. The van der Waals surface area contributed by atoms with Crippen LogP contribution in [0.2, 0.25) is 0 Å². The summed E-state index contributed by atoms with van der Waals surface area (Å²) in [7, 11) is 0. The lowest BCUT2D eigenvalue weighted by molar-refractivity contribution is -0.278. The van der Waals surface area contributed by atoms with Crippen LogP contribution in [0.1, 0.15) is 273 Å². The van der Waals surface area contributed by atoms with Gasteiger partial charge in [0.2, 0.25) is 11.8 Å². The molecule has 0 bridgehead atoms. The van der Waals surface area contributed by atoms with Crippen molar-refractivity contribution in [2.24, 2.45) is 0 Å². The van der Waals surface area contributed by atoms with Gasteiger partial charge in [-0.3, -0.25) is 28.8 Å². The molecule has 1 aliphatic heterocycles. The van der Waals surface area contributed by atoms with Gasteiger partial charge in [0, 0.05) is 40.0 Å². The van der Waals surface area contributed by atoms with E-state index in [2.05, 4.69) is 31.4 Å². The van der Waals surface area contributed by atoms with Crippen LogP contribution in [0, 0.1) is 0 Å². The van der Waals surface area contributed by atoms with Gasteiger partial charge in [-0.25, -0.2) is 4.79 Å². The average Bonchev–Trinajstić information content (AvgIpc) is 3.34. The maximum Gasteiger partial charge on any atom is 0.326 e. The smallest absolute Gasteiger partial charge is 0.326 e. The second kappa shape index (κ2) is 45.4. The Hall–Kier alpha value is -3.79. The van der Waals surface area contributed by atoms with Crippen LogP contribution in [-0.4, -0.2) is 103 Å². The monoisotopic (exact) mass is 1050 g/mol. The van der Waals surface area contributed by atoms with Crippen molar-refractivity contribution >= 4 is 41.7 Å². The van der Waals surface area contributed by atoms with E-state index in [1.54, 1.807) is 0 Å². The number of ether oxygens (including phenoxy) is 6. The SMILES string of the molecule is CCCCCCCCCCCCCC(=O)N[C@@H](CCO[C@@H]1O[C@H](COC(C)=O)[C@@H](OC(C)=O)[C@H](OC(C)=O)[C@H]1NC(=O)C[C@@H](CCCCCCCCCCC)OC(=O)CCCCCCCCCCCCC)C(=O)O. The van der Waals surface area contributed by atoms with E-state index in [1.165, 1.54) is 122 Å². The molecule has 7 atom stereocenters. The minimum atomic E-state index is -1.46. The minimum absolute atomic E-state index is 0.176. The quantitative estimate of drug-likeness (QED) is 0.0293. The topological polar surface area (TPSA) is 219 Å². The van der Waals surface area contributed by atoms with Crippen LogP contribution >= 0.6 is 0 Å². The maximum absolute atomic E-state index is 14.2. The van der Waals surface area contributed by atoms with Gasteiger partial charge in [-0.2, -0.15) is 0 Å². The molecule has 2 amide bonds. The highest BCUT2D eigenvalue weighted by Crippen LogP contribution is 2.29. The van der Waals surface area contributed by atoms with Gasteiger partial charge in [-0.05, 0) is 25.7 Å². The van der Waals surface area contributed by atoms with Crippen molar-refractivity contribution in [1.29, 1.82) is 0 Å². The third-order valence-electron chi connectivity index (χ3n) is 13.7. The molecule has 0 unspecified atom stereocenters. The summed E-state index contributed by atoms with van der Waals surface area (Å²) < 4.78 is 34.9. The summed E-state index contributed by atoms with van der Waals surface area (Å²) in [6.45, 7) is 9.33. The van der Waals surface area contributed by atoms with Gasteiger partial charge in [0.1, 0.15) is 30.9 Å². The van der Waals surface area contributed by atoms with Crippen molar-refractivity contribution in [2.75, 3.05) is 13.2 Å². The number of nitrogens with one attached hydrogen (secondary N) is 2. The van der Waals surface area contributed by atoms with Crippen LogP contribution < -0.4 is 10.6 Å². The number of carboxylic acids is 1. The number of unbranched alkanes of at least 4 members (excludes halogenated alkanes) is 28. The van der Waals surface area contributed by atoms with Gasteiger partial charge in [0.15, 0.2) is 18.5 Å². The molecule has 0 saturated carbocycles. The highest BCUT2D eigenvalue weighted by molar-refractivity contribution is 5.83. The zero-order valence-corrected chi connectivity index (χ0v) is 47.2. The van der Waals surface area contributed by atoms with Gasteiger partial charge < -0.3 is 44.2 Å². The van der Waals surface area contributed by atoms with Crippen molar-refractivity contribution < 1.29 is 67.1 Å². The van der Waals surface area contributed by atoms with Crippen LogP contribution in [0.15, 0.2) is 0 Å². The molecule has 74 heavy (non-hydrogen) atoms. The van der Waals surface area contributed by atoms with Crippen molar-refractivity contribution in [3.63, 3.8) is 0 Å². The van der Waals surface area contributed by atoms with Gasteiger partial charge in [-0.1, -0.05) is 201 Å². The Kier molecular flexibility index (Phi) is 41.9. The maximum atomic E-state index is 14.2. The molecule has 3 N–H and O–H groups in total. The first-order valence-electron chi connectivity index (χ1n) is 29.5. The van der Waals surface area contributed by atoms with E-state index in [1.807, 2.05) is 0 Å². The number of esters is 4. The molecule has 16 nitrogen and oxygen atoms in total. The van der Waals surface area contributed by atoms with Crippen LogP contribution in [-0.2, 0) is 62.0 Å². The van der Waals surface area contributed by atoms with Crippen molar-refractivity contribution in [2.45, 2.75) is 315 Å². The summed E-state index contributed by atoms with van der Waals surface area (Å²) in [6, 6.07) is -2.66. The third kappa shape index (κ3) is 36.2. The van der Waals surface area contributed by atoms with E-state index in [4.69, 9.17) is 28.4 Å². The molecule has 1 aliphatic rings. The van der Waals surface area contributed by atoms with E-state index in [9.17, 15) is 38.7 Å². The molecule has 0 aliphatic carbocycles. The fourth-order valence-electron chi connectivity index (χ4n) is 9.49. The number of carboxylic acid groups (broad SMARTS) is 1. The molecule has 1 heterocycles. The average molecular weight is 1050 g/mol. The number of carbonyl (C=O) groups excluding carboxylic acids is 6. The Labute approximate surface area is 446 Å². The fourth-order valence-corrected chi connectivity index (χ4v) is 9.49. The first-order valence-corrected chi connectivity index (χ1v) is 29.5. The van der Waals surface area contributed by atoms with Gasteiger partial charge in [0.25, 0.3) is 0 Å². The summed E-state index contributed by atoms with van der Waals surface area (Å²) in [4.78, 5) is 89.9. The Morgan fingerprint density at radius 2 is 0.946 bits per heavy atom. The van der Waals surface area contributed by atoms with Gasteiger partial charge in [-0.15, -0.1) is 0 Å². The zero-order valence-electron chi connectivity index (χ0n) is 47.2. The Balaban J connectivity index is 3.16. The number of carbonyl (C=O) groups is 7. The van der Waals surface area contributed by atoms with Gasteiger partial charge in [0.05, 0.1) is 13.0 Å². The number of aliphatic carboxylic acids is 1. The zero-order chi connectivity index (χ0) is 54.6. The lowest BCUT2D eigenvalue weighted by Gasteiger charge is -2.45. The third-order valence-corrected chi connectivity index (χ3v) is 13.7. The predicted molar refractivity (Wildman–Crippen MR) is 287 cm³/mol. The first kappa shape index (κ1) is 68.2. The molecular weight excluding hydrogens is 949 g/mol. The molecule has 0 aromatic heterocycles. The van der Waals surface area contributed by atoms with Crippen molar-refractivity contribution in [1.82, 2.24) is 10.6 Å². The fraction of sp³-hybridized carbons (Fsp3) is 0.879. The summed E-state index contributed by atoms with van der Waals surface area (Å²) in [5.74, 6) is -4.87. The highest BCUT2D eigenvalue weighted by Gasteiger charge is 2.51. The van der Waals surface area contributed by atoms with Crippen LogP contribution in [0.25, 0.3) is 0 Å². The first-order chi connectivity index (χ1) is 35.7. The number of hydrogen-bond acceptors (Lipinski definition) is 13. The normalized spacial score (nSPS) is 18.2. The molecule has 430 valence electrons. The predicted octanol–water partition coefficient (Wildman–Crippen LogP) is 12.2. The Morgan fingerprint density at radius 1 is 0.514 bits per heavy atom. The van der Waals surface area contributed by atoms with Crippen molar-refractivity contribution in [3.8, 4) is 0 Å². The van der Waals surface area contributed by atoms with E-state index in [-0.39, 0.29) is 38.3 Å². The molecule has 0 spiro atoms. The second-order valence-electron chi connectivity index (χ2n) is 20.7. The molecule has 1 rings (SSSR count). The summed E-state index contributed by atoms with van der Waals surface area (Å²) in [5, 5.41) is 15.5. The van der Waals surface area contributed by atoms with Crippen LogP contribution in [0.4, 0.5) is 0 Å². The van der Waals surface area contributed by atoms with Crippen LogP contribution in [0.3, 0.4) is 0 Å². The lowest BCUT2D eigenvalue weighted by Crippen LogP contribution is -2.67. The largest absolute Gasteiger partial charge is 0.480 e. The molecular formula is C58H104N2O14. The number of amides is 2. The molecule has 0 aromatic rings. The Morgan fingerprint density at radius 3 is 1.39 bits per heavy atom. The standard InChI is InChI=1S/C58H104N2O14/c1-7-10-13-16-19-22-24-27-30-33-36-39-51(64)59-49(57(67)68)41-42-69-58-54(56(72-47(6)63)55(71-46(5)62)50(74-58)44-70-45(4)61)60-52(65)43-48(38-35-32-29-26-21-18-15-12-9-3)73-53(66)40-37-34-31-28-25-23-20-17-14-11-8-2/h48-50,54-56,58H,7-44H2,1-6H3,(H,59,64)(H,60,65)(H,67,68)/t48-,49+,50-,54-,55-,56-,58-/m1/s1. The van der Waals surface area contributed by atoms with Gasteiger partial charge >= 0.3 is 29.8 Å². The van der Waals surface area contributed by atoms with Crippen molar-refractivity contribution in [3.05, 3.63) is 0 Å². The molecule has 0 aromatic carbocycles. The second-order valence-corrected chi connectivity index (χ2v) is 20.7. The summed E-state index contributed by atoms with van der Waals surface area (Å²) >= 11 is 0. The van der Waals surface area contributed by atoms with Crippen LogP contribution in [0.5, 0.6) is 0 Å². The molecule has 1 saturated heterocycles. The lowest BCUT2D eigenvalue weighted by atomic mass is 9.95. The van der Waals surface area contributed by atoms with E-state index < -0.39 is 85.1 Å². The number of rotatable bonds is 48. The van der Waals surface area contributed by atoms with E-state index in [0.717, 1.165) is 84.5 Å². The highest BCUT2D eigenvalue weighted by atomic mass is 16.7. The number of hydrogen-bond donors (Lipinski definition) is 3. The molecule has 0 radical (unpaired) electrons.